The van der Waals surface area contributed by atoms with E-state index in [9.17, 15) is 9.50 Å². The molecule has 0 bridgehead atoms. The zero-order valence-electron chi connectivity index (χ0n) is 12.4. The number of benzene rings is 1. The van der Waals surface area contributed by atoms with E-state index in [1.54, 1.807) is 12.1 Å². The van der Waals surface area contributed by atoms with Crippen molar-refractivity contribution in [2.45, 2.75) is 37.8 Å². The molecule has 3 nitrogen and oxygen atoms in total. The third kappa shape index (κ3) is 3.82. The molecule has 1 aromatic rings. The minimum Gasteiger partial charge on any atom is -0.391 e. The fourth-order valence-electron chi connectivity index (χ4n) is 3.59. The van der Waals surface area contributed by atoms with Gasteiger partial charge in [0.25, 0.3) is 0 Å². The minimum atomic E-state index is -0.315. The van der Waals surface area contributed by atoms with Gasteiger partial charge in [-0.3, -0.25) is 4.90 Å². The van der Waals surface area contributed by atoms with Gasteiger partial charge in [0, 0.05) is 25.8 Å². The second-order valence-corrected chi connectivity index (χ2v) is 6.29. The number of likely N-dealkylation sites (tertiary alicyclic amines) is 1. The van der Waals surface area contributed by atoms with Crippen LogP contribution < -0.4 is 0 Å². The van der Waals surface area contributed by atoms with Crippen LogP contribution in [0.2, 0.25) is 0 Å². The maximum atomic E-state index is 13.2. The fraction of sp³-hybridized carbons (Fsp3) is 0.647. The Hall–Kier alpha value is -0.970. The van der Waals surface area contributed by atoms with Crippen molar-refractivity contribution in [3.05, 3.63) is 35.6 Å². The van der Waals surface area contributed by atoms with Gasteiger partial charge in [-0.2, -0.15) is 0 Å². The largest absolute Gasteiger partial charge is 0.391 e. The average molecular weight is 293 g/mol. The van der Waals surface area contributed by atoms with Crippen LogP contribution in [-0.2, 0) is 11.2 Å². The maximum absolute atomic E-state index is 13.2. The fourth-order valence-corrected chi connectivity index (χ4v) is 3.59. The Morgan fingerprint density at radius 3 is 2.76 bits per heavy atom. The van der Waals surface area contributed by atoms with Crippen LogP contribution in [0.4, 0.5) is 4.39 Å². The molecular weight excluding hydrogens is 269 g/mol. The van der Waals surface area contributed by atoms with Crippen LogP contribution in [0.3, 0.4) is 0 Å². The SMILES string of the molecule is O[C@@H]1CN(C2CCOCC2)CC[C@@H]1Cc1cccc(F)c1. The highest BCUT2D eigenvalue weighted by atomic mass is 19.1. The van der Waals surface area contributed by atoms with Gasteiger partial charge < -0.3 is 9.84 Å². The third-order valence-corrected chi connectivity index (χ3v) is 4.85. The van der Waals surface area contributed by atoms with Crippen molar-refractivity contribution in [1.82, 2.24) is 4.90 Å². The van der Waals surface area contributed by atoms with Crippen LogP contribution in [0.25, 0.3) is 0 Å². The lowest BCUT2D eigenvalue weighted by Gasteiger charge is -2.41. The Kier molecular flexibility index (Phi) is 4.88. The molecular formula is C17H24FNO2. The molecule has 1 N–H and O–H groups in total. The summed E-state index contributed by atoms with van der Waals surface area (Å²) in [5, 5.41) is 10.4. The van der Waals surface area contributed by atoms with Crippen molar-refractivity contribution in [3.8, 4) is 0 Å². The van der Waals surface area contributed by atoms with E-state index in [4.69, 9.17) is 4.74 Å². The first kappa shape index (κ1) is 14.9. The van der Waals surface area contributed by atoms with E-state index in [-0.39, 0.29) is 17.8 Å². The topological polar surface area (TPSA) is 32.7 Å². The van der Waals surface area contributed by atoms with Gasteiger partial charge in [0.2, 0.25) is 0 Å². The molecule has 4 heteroatoms. The monoisotopic (exact) mass is 293 g/mol. The molecule has 0 unspecified atom stereocenters. The summed E-state index contributed by atoms with van der Waals surface area (Å²) in [6, 6.07) is 7.30. The van der Waals surface area contributed by atoms with Crippen molar-refractivity contribution in [2.24, 2.45) is 5.92 Å². The summed E-state index contributed by atoms with van der Waals surface area (Å²) in [5.41, 5.74) is 0.985. The molecule has 0 aliphatic carbocycles. The van der Waals surface area contributed by atoms with Crippen LogP contribution in [0.15, 0.2) is 24.3 Å². The predicted octanol–water partition coefficient (Wildman–Crippen LogP) is 2.23. The maximum Gasteiger partial charge on any atom is 0.123 e. The molecule has 21 heavy (non-hydrogen) atoms. The van der Waals surface area contributed by atoms with E-state index in [1.165, 1.54) is 6.07 Å². The summed E-state index contributed by atoms with van der Waals surface area (Å²) in [4.78, 5) is 2.41. The summed E-state index contributed by atoms with van der Waals surface area (Å²) in [7, 11) is 0. The van der Waals surface area contributed by atoms with Gasteiger partial charge in [0.15, 0.2) is 0 Å². The first-order valence-corrected chi connectivity index (χ1v) is 7.96. The standard InChI is InChI=1S/C17H24FNO2/c18-15-3-1-2-13(11-15)10-14-4-7-19(12-17(14)20)16-5-8-21-9-6-16/h1-3,11,14,16-17,20H,4-10,12H2/t14-,17-/m1/s1. The summed E-state index contributed by atoms with van der Waals surface area (Å²) in [5.74, 6) is 0.0459. The van der Waals surface area contributed by atoms with E-state index in [0.29, 0.717) is 6.04 Å². The molecule has 2 heterocycles. The van der Waals surface area contributed by atoms with Gasteiger partial charge in [-0.15, -0.1) is 0 Å². The van der Waals surface area contributed by atoms with Crippen LogP contribution in [0.1, 0.15) is 24.8 Å². The normalized spacial score (nSPS) is 28.7. The first-order chi connectivity index (χ1) is 10.2. The number of hydrogen-bond acceptors (Lipinski definition) is 3. The second-order valence-electron chi connectivity index (χ2n) is 6.29. The molecule has 1 aromatic carbocycles. The number of halogens is 1. The summed E-state index contributed by atoms with van der Waals surface area (Å²) in [6.45, 7) is 3.44. The van der Waals surface area contributed by atoms with Crippen LogP contribution in [0.5, 0.6) is 0 Å². The van der Waals surface area contributed by atoms with E-state index in [0.717, 1.165) is 57.6 Å². The number of β-amino-alcohol motifs (C(OH)–C–C–N with tert-alkyl or cyclic N) is 1. The van der Waals surface area contributed by atoms with Crippen LogP contribution in [0, 0.1) is 11.7 Å². The third-order valence-electron chi connectivity index (χ3n) is 4.85. The average Bonchev–Trinajstić information content (AvgIpc) is 2.50. The van der Waals surface area contributed by atoms with E-state index < -0.39 is 0 Å². The van der Waals surface area contributed by atoms with E-state index >= 15 is 0 Å². The Morgan fingerprint density at radius 2 is 2.05 bits per heavy atom. The Bertz CT molecular complexity index is 462. The predicted molar refractivity (Wildman–Crippen MR) is 79.6 cm³/mol. The zero-order chi connectivity index (χ0) is 14.7. The lowest BCUT2D eigenvalue weighted by atomic mass is 9.86. The number of aliphatic hydroxyl groups is 1. The molecule has 2 fully saturated rings. The lowest BCUT2D eigenvalue weighted by molar-refractivity contribution is -0.0272. The number of hydrogen-bond donors (Lipinski definition) is 1. The van der Waals surface area contributed by atoms with Gasteiger partial charge in [-0.05, 0) is 55.8 Å². The van der Waals surface area contributed by atoms with Gasteiger partial charge in [0.05, 0.1) is 6.10 Å². The number of ether oxygens (including phenoxy) is 1. The summed E-state index contributed by atoms with van der Waals surface area (Å²) >= 11 is 0. The summed E-state index contributed by atoms with van der Waals surface area (Å²) in [6.07, 6.45) is 3.57. The van der Waals surface area contributed by atoms with Gasteiger partial charge >= 0.3 is 0 Å². The minimum absolute atomic E-state index is 0.193. The van der Waals surface area contributed by atoms with E-state index in [2.05, 4.69) is 4.90 Å². The van der Waals surface area contributed by atoms with Gasteiger partial charge in [-0.1, -0.05) is 12.1 Å². The number of nitrogens with zero attached hydrogens (tertiary/aromatic N) is 1. The van der Waals surface area contributed by atoms with Crippen LogP contribution >= 0.6 is 0 Å². The first-order valence-electron chi connectivity index (χ1n) is 7.96. The van der Waals surface area contributed by atoms with Crippen molar-refractivity contribution < 1.29 is 14.2 Å². The molecule has 0 aromatic heterocycles. The highest BCUT2D eigenvalue weighted by Crippen LogP contribution is 2.26. The van der Waals surface area contributed by atoms with Crippen molar-refractivity contribution in [2.75, 3.05) is 26.3 Å². The zero-order valence-corrected chi connectivity index (χ0v) is 12.4. The molecule has 0 saturated carbocycles. The molecule has 0 radical (unpaired) electrons. The summed E-state index contributed by atoms with van der Waals surface area (Å²) < 4.78 is 18.6. The van der Waals surface area contributed by atoms with Gasteiger partial charge in [0.1, 0.15) is 5.82 Å². The number of aliphatic hydroxyl groups excluding tert-OH is 1. The number of piperidine rings is 1. The quantitative estimate of drug-likeness (QED) is 0.927. The molecule has 2 atom stereocenters. The van der Waals surface area contributed by atoms with Crippen molar-refractivity contribution >= 4 is 0 Å². The lowest BCUT2D eigenvalue weighted by Crippen LogP contribution is -2.50. The molecule has 2 aliphatic heterocycles. The molecule has 0 spiro atoms. The van der Waals surface area contributed by atoms with Crippen molar-refractivity contribution in [1.29, 1.82) is 0 Å². The Morgan fingerprint density at radius 1 is 1.24 bits per heavy atom. The molecule has 3 rings (SSSR count). The molecule has 0 amide bonds. The van der Waals surface area contributed by atoms with Crippen molar-refractivity contribution in [3.63, 3.8) is 0 Å². The Labute approximate surface area is 125 Å². The molecule has 116 valence electrons. The molecule has 2 saturated heterocycles. The highest BCUT2D eigenvalue weighted by molar-refractivity contribution is 5.17. The Balaban J connectivity index is 1.55. The smallest absolute Gasteiger partial charge is 0.123 e. The molecule has 2 aliphatic rings. The van der Waals surface area contributed by atoms with Crippen LogP contribution in [-0.4, -0.2) is 48.5 Å². The highest BCUT2D eigenvalue weighted by Gasteiger charge is 2.32. The van der Waals surface area contributed by atoms with E-state index in [1.807, 2.05) is 6.07 Å². The van der Waals surface area contributed by atoms with Gasteiger partial charge in [-0.25, -0.2) is 4.39 Å². The second kappa shape index (κ2) is 6.86. The number of rotatable bonds is 3.